The maximum atomic E-state index is 13.4. The number of anilines is 1. The number of hydrogen-bond acceptors (Lipinski definition) is 5. The number of sulfonamides is 1. The Morgan fingerprint density at radius 2 is 1.79 bits per heavy atom. The zero-order valence-corrected chi connectivity index (χ0v) is 17.7. The molecule has 1 fully saturated rings. The molecule has 3 aromatic rings. The van der Waals surface area contributed by atoms with Crippen molar-refractivity contribution in [1.29, 1.82) is 0 Å². The summed E-state index contributed by atoms with van der Waals surface area (Å²) in [5, 5.41) is 2.97. The number of aromatic nitrogens is 1. The van der Waals surface area contributed by atoms with E-state index in [0.717, 1.165) is 23.3 Å². The van der Waals surface area contributed by atoms with Crippen LogP contribution in [0.25, 0.3) is 0 Å². The van der Waals surface area contributed by atoms with Crippen molar-refractivity contribution in [2.75, 3.05) is 31.1 Å². The van der Waals surface area contributed by atoms with Crippen molar-refractivity contribution in [1.82, 2.24) is 9.29 Å². The molecular formula is C21H22FN3O2S2. The molecule has 0 bridgehead atoms. The van der Waals surface area contributed by atoms with Crippen molar-refractivity contribution in [2.24, 2.45) is 0 Å². The molecule has 2 heterocycles. The Bertz CT molecular complexity index is 1090. The third-order valence-corrected chi connectivity index (χ3v) is 7.83. The highest BCUT2D eigenvalue weighted by atomic mass is 32.2. The molecule has 1 aliphatic rings. The first kappa shape index (κ1) is 20.0. The third-order valence-electron chi connectivity index (χ3n) is 4.99. The molecule has 0 saturated carbocycles. The molecule has 152 valence electrons. The summed E-state index contributed by atoms with van der Waals surface area (Å²) in [5.74, 6) is -0.548. The first-order valence-electron chi connectivity index (χ1n) is 9.42. The minimum atomic E-state index is -3.68. The van der Waals surface area contributed by atoms with Crippen LogP contribution >= 0.6 is 11.3 Å². The zero-order chi connectivity index (χ0) is 20.4. The van der Waals surface area contributed by atoms with Gasteiger partial charge in [-0.25, -0.2) is 17.8 Å². The highest BCUT2D eigenvalue weighted by Gasteiger charge is 2.29. The minimum Gasteiger partial charge on any atom is -0.345 e. The normalized spacial score (nSPS) is 15.6. The van der Waals surface area contributed by atoms with Gasteiger partial charge in [-0.05, 0) is 30.7 Å². The first-order valence-corrected chi connectivity index (χ1v) is 11.7. The fraction of sp³-hybridized carbons (Fsp3) is 0.286. The van der Waals surface area contributed by atoms with E-state index in [1.165, 1.54) is 33.6 Å². The molecule has 0 amide bonds. The third kappa shape index (κ3) is 4.49. The lowest BCUT2D eigenvalue weighted by molar-refractivity contribution is 0.384. The highest BCUT2D eigenvalue weighted by molar-refractivity contribution is 7.89. The zero-order valence-electron chi connectivity index (χ0n) is 16.1. The Morgan fingerprint density at radius 3 is 2.48 bits per heavy atom. The second-order valence-electron chi connectivity index (χ2n) is 7.13. The lowest BCUT2D eigenvalue weighted by atomic mass is 10.1. The average molecular weight is 432 g/mol. The van der Waals surface area contributed by atoms with Gasteiger partial charge in [0.25, 0.3) is 0 Å². The van der Waals surface area contributed by atoms with Crippen molar-refractivity contribution in [3.8, 4) is 0 Å². The fourth-order valence-corrected chi connectivity index (χ4v) is 5.67. The Hall–Kier alpha value is -2.29. The van der Waals surface area contributed by atoms with Gasteiger partial charge in [-0.3, -0.25) is 0 Å². The molecule has 4 rings (SSSR count). The Morgan fingerprint density at radius 1 is 1.07 bits per heavy atom. The SMILES string of the molecule is Cc1ccc(Cc2csc(N3CCN(S(=O)(=O)c4cccc(F)c4)CC3)n2)cc1. The number of nitrogens with zero attached hydrogens (tertiary/aromatic N) is 3. The molecule has 1 saturated heterocycles. The quantitative estimate of drug-likeness (QED) is 0.618. The van der Waals surface area contributed by atoms with Gasteiger partial charge in [0.15, 0.2) is 5.13 Å². The predicted octanol–water partition coefficient (Wildman–Crippen LogP) is 3.69. The second-order valence-corrected chi connectivity index (χ2v) is 9.91. The van der Waals surface area contributed by atoms with Crippen molar-refractivity contribution in [3.63, 3.8) is 0 Å². The van der Waals surface area contributed by atoms with Gasteiger partial charge in [-0.1, -0.05) is 35.9 Å². The first-order chi connectivity index (χ1) is 13.9. The number of rotatable bonds is 5. The van der Waals surface area contributed by atoms with Gasteiger partial charge in [-0.2, -0.15) is 4.31 Å². The molecule has 0 spiro atoms. The summed E-state index contributed by atoms with van der Waals surface area (Å²) in [7, 11) is -3.68. The Kier molecular flexibility index (Phi) is 5.67. The number of hydrogen-bond donors (Lipinski definition) is 0. The standard InChI is InChI=1S/C21H22FN3O2S2/c1-16-5-7-17(8-6-16)13-19-15-28-21(23-19)24-9-11-25(12-10-24)29(26,27)20-4-2-3-18(22)14-20/h2-8,14-15H,9-13H2,1H3. The van der Waals surface area contributed by atoms with Gasteiger partial charge in [0.1, 0.15) is 5.82 Å². The average Bonchev–Trinajstić information content (AvgIpc) is 3.18. The molecule has 2 aromatic carbocycles. The smallest absolute Gasteiger partial charge is 0.243 e. The van der Waals surface area contributed by atoms with Gasteiger partial charge in [-0.15, -0.1) is 11.3 Å². The summed E-state index contributed by atoms with van der Waals surface area (Å²) >= 11 is 1.58. The van der Waals surface area contributed by atoms with Gasteiger partial charge in [0.05, 0.1) is 10.6 Å². The largest absolute Gasteiger partial charge is 0.345 e. The Labute approximate surface area is 174 Å². The maximum Gasteiger partial charge on any atom is 0.243 e. The lowest BCUT2D eigenvalue weighted by Crippen LogP contribution is -2.48. The molecule has 0 atom stereocenters. The lowest BCUT2D eigenvalue weighted by Gasteiger charge is -2.33. The molecule has 0 unspecified atom stereocenters. The highest BCUT2D eigenvalue weighted by Crippen LogP contribution is 2.25. The molecule has 0 N–H and O–H groups in total. The van der Waals surface area contributed by atoms with Crippen LogP contribution in [0.1, 0.15) is 16.8 Å². The second kappa shape index (κ2) is 8.22. The van der Waals surface area contributed by atoms with E-state index in [1.807, 2.05) is 0 Å². The van der Waals surface area contributed by atoms with Gasteiger partial charge >= 0.3 is 0 Å². The van der Waals surface area contributed by atoms with Crippen molar-refractivity contribution >= 4 is 26.5 Å². The van der Waals surface area contributed by atoms with E-state index in [1.54, 1.807) is 11.3 Å². The van der Waals surface area contributed by atoms with Crippen LogP contribution in [0.5, 0.6) is 0 Å². The molecule has 0 aliphatic carbocycles. The van der Waals surface area contributed by atoms with Crippen LogP contribution in [-0.4, -0.2) is 43.9 Å². The molecule has 29 heavy (non-hydrogen) atoms. The van der Waals surface area contributed by atoms with E-state index in [9.17, 15) is 12.8 Å². The molecule has 0 radical (unpaired) electrons. The van der Waals surface area contributed by atoms with E-state index >= 15 is 0 Å². The van der Waals surface area contributed by atoms with Crippen molar-refractivity contribution < 1.29 is 12.8 Å². The van der Waals surface area contributed by atoms with Crippen LogP contribution in [0, 0.1) is 12.7 Å². The van der Waals surface area contributed by atoms with Crippen LogP contribution in [-0.2, 0) is 16.4 Å². The number of benzene rings is 2. The summed E-state index contributed by atoms with van der Waals surface area (Å²) in [5.41, 5.74) is 3.47. The molecule has 1 aliphatic heterocycles. The van der Waals surface area contributed by atoms with Crippen LogP contribution in [0.15, 0.2) is 58.8 Å². The van der Waals surface area contributed by atoms with E-state index in [0.29, 0.717) is 26.2 Å². The number of thiazole rings is 1. The van der Waals surface area contributed by atoms with Crippen LogP contribution < -0.4 is 4.90 Å². The number of piperazine rings is 1. The fourth-order valence-electron chi connectivity index (χ4n) is 3.33. The van der Waals surface area contributed by atoms with Crippen LogP contribution in [0.2, 0.25) is 0 Å². The molecule has 8 heteroatoms. The minimum absolute atomic E-state index is 0.000540. The van der Waals surface area contributed by atoms with Crippen molar-refractivity contribution in [3.05, 3.63) is 76.5 Å². The monoisotopic (exact) mass is 431 g/mol. The van der Waals surface area contributed by atoms with Gasteiger partial charge < -0.3 is 4.90 Å². The molecular weight excluding hydrogens is 409 g/mol. The van der Waals surface area contributed by atoms with Crippen LogP contribution in [0.4, 0.5) is 9.52 Å². The van der Waals surface area contributed by atoms with E-state index < -0.39 is 15.8 Å². The Balaban J connectivity index is 1.40. The van der Waals surface area contributed by atoms with Crippen LogP contribution in [0.3, 0.4) is 0 Å². The summed E-state index contributed by atoms with van der Waals surface area (Å²) in [6.45, 7) is 3.90. The van der Waals surface area contributed by atoms with Gasteiger partial charge in [0, 0.05) is 38.0 Å². The summed E-state index contributed by atoms with van der Waals surface area (Å²) in [6.07, 6.45) is 0.782. The summed E-state index contributed by atoms with van der Waals surface area (Å²) in [4.78, 5) is 6.85. The molecule has 1 aromatic heterocycles. The number of aryl methyl sites for hydroxylation is 1. The number of halogens is 1. The summed E-state index contributed by atoms with van der Waals surface area (Å²) in [6, 6.07) is 13.6. The van der Waals surface area contributed by atoms with E-state index in [2.05, 4.69) is 41.5 Å². The van der Waals surface area contributed by atoms with E-state index in [4.69, 9.17) is 4.98 Å². The van der Waals surface area contributed by atoms with E-state index in [-0.39, 0.29) is 4.90 Å². The maximum absolute atomic E-state index is 13.4. The molecule has 5 nitrogen and oxygen atoms in total. The predicted molar refractivity (Wildman–Crippen MR) is 113 cm³/mol. The van der Waals surface area contributed by atoms with Gasteiger partial charge in [0.2, 0.25) is 10.0 Å². The van der Waals surface area contributed by atoms with Crippen molar-refractivity contribution in [2.45, 2.75) is 18.2 Å². The summed E-state index contributed by atoms with van der Waals surface area (Å²) < 4.78 is 40.3. The topological polar surface area (TPSA) is 53.5 Å².